The van der Waals surface area contributed by atoms with E-state index in [4.69, 9.17) is 9.47 Å². The third-order valence-corrected chi connectivity index (χ3v) is 5.08. The molecule has 6 nitrogen and oxygen atoms in total. The number of alkyl halides is 3. The largest absolute Gasteiger partial charge is 0.468 e. The van der Waals surface area contributed by atoms with Crippen molar-refractivity contribution in [2.75, 3.05) is 33.4 Å². The molecule has 1 aliphatic carbocycles. The lowest BCUT2D eigenvalue weighted by Gasteiger charge is -2.30. The molecule has 10 heteroatoms. The van der Waals surface area contributed by atoms with Gasteiger partial charge in [-0.25, -0.2) is 9.98 Å². The number of hydrogen-bond donors (Lipinski definition) is 2. The normalized spacial score (nSPS) is 16.1. The van der Waals surface area contributed by atoms with Crippen LogP contribution in [0, 0.1) is 5.41 Å². The fourth-order valence-corrected chi connectivity index (χ4v) is 3.53. The lowest BCUT2D eigenvalue weighted by Crippen LogP contribution is -2.43. The molecule has 2 rings (SSSR count). The number of methoxy groups -OCH3 is 1. The van der Waals surface area contributed by atoms with Crippen LogP contribution in [0.25, 0.3) is 0 Å². The summed E-state index contributed by atoms with van der Waals surface area (Å²) in [5.74, 6) is 0.628. The zero-order valence-corrected chi connectivity index (χ0v) is 19.9. The quantitative estimate of drug-likeness (QED) is 0.262. The van der Waals surface area contributed by atoms with Gasteiger partial charge in [-0.15, -0.1) is 24.0 Å². The molecule has 0 bridgehead atoms. The van der Waals surface area contributed by atoms with Gasteiger partial charge in [-0.3, -0.25) is 0 Å². The highest BCUT2D eigenvalue weighted by Crippen LogP contribution is 2.40. The molecule has 0 aliphatic heterocycles. The van der Waals surface area contributed by atoms with Crippen LogP contribution in [0.4, 0.5) is 13.2 Å². The number of aromatic nitrogens is 1. The molecule has 2 N–H and O–H groups in total. The summed E-state index contributed by atoms with van der Waals surface area (Å²) in [7, 11) is 1.73. The Morgan fingerprint density at radius 2 is 2.00 bits per heavy atom. The zero-order valence-electron chi connectivity index (χ0n) is 17.6. The molecule has 0 aromatic carbocycles. The predicted octanol–water partition coefficient (Wildman–Crippen LogP) is 4.29. The van der Waals surface area contributed by atoms with Crippen molar-refractivity contribution in [2.45, 2.75) is 51.7 Å². The molecule has 1 aliphatic rings. The van der Waals surface area contributed by atoms with Crippen LogP contribution in [-0.4, -0.2) is 50.5 Å². The summed E-state index contributed by atoms with van der Waals surface area (Å²) in [4.78, 5) is 8.38. The topological polar surface area (TPSA) is 67.8 Å². The van der Waals surface area contributed by atoms with Crippen LogP contribution in [0.15, 0.2) is 23.3 Å². The van der Waals surface area contributed by atoms with Crippen molar-refractivity contribution >= 4 is 29.9 Å². The highest BCUT2D eigenvalue weighted by atomic mass is 127. The second kappa shape index (κ2) is 13.2. The number of halogens is 4. The van der Waals surface area contributed by atoms with E-state index < -0.39 is 12.8 Å². The third kappa shape index (κ3) is 9.67. The maximum atomic E-state index is 12.3. The molecular formula is C20H32F3IN4O2. The standard InChI is InChI=1S/C20H31F3N4O2.HI/c1-3-24-18(27-14-19(9-11-28-2)7-4-5-8-19)26-13-16-6-10-25-17(12-16)29-15-20(21,22)23;/h6,10,12H,3-5,7-9,11,13-15H2,1-2H3,(H2,24,26,27);1H. The van der Waals surface area contributed by atoms with Gasteiger partial charge in [0.2, 0.25) is 5.88 Å². The van der Waals surface area contributed by atoms with Gasteiger partial charge in [0.15, 0.2) is 12.6 Å². The molecule has 0 radical (unpaired) electrons. The molecule has 1 aromatic heterocycles. The van der Waals surface area contributed by atoms with E-state index in [1.54, 1.807) is 13.2 Å². The Kier molecular flexibility index (Phi) is 11.7. The van der Waals surface area contributed by atoms with E-state index in [1.165, 1.54) is 37.9 Å². The summed E-state index contributed by atoms with van der Waals surface area (Å²) in [6.45, 7) is 3.22. The van der Waals surface area contributed by atoms with E-state index in [0.717, 1.165) is 25.1 Å². The number of aliphatic imine (C=N–C) groups is 1. The first-order chi connectivity index (χ1) is 13.9. The van der Waals surface area contributed by atoms with E-state index in [1.807, 2.05) is 6.92 Å². The molecule has 0 atom stereocenters. The maximum Gasteiger partial charge on any atom is 0.422 e. The Hall–Kier alpha value is -1.30. The third-order valence-electron chi connectivity index (χ3n) is 5.08. The molecule has 1 saturated carbocycles. The van der Waals surface area contributed by atoms with Crippen LogP contribution >= 0.6 is 24.0 Å². The van der Waals surface area contributed by atoms with Crippen LogP contribution in [0.1, 0.15) is 44.6 Å². The summed E-state index contributed by atoms with van der Waals surface area (Å²) in [5, 5.41) is 6.65. The van der Waals surface area contributed by atoms with Gasteiger partial charge >= 0.3 is 6.18 Å². The maximum absolute atomic E-state index is 12.3. The van der Waals surface area contributed by atoms with E-state index >= 15 is 0 Å². The fraction of sp³-hybridized carbons (Fsp3) is 0.700. The van der Waals surface area contributed by atoms with Crippen molar-refractivity contribution in [1.82, 2.24) is 15.6 Å². The van der Waals surface area contributed by atoms with Gasteiger partial charge < -0.3 is 20.1 Å². The van der Waals surface area contributed by atoms with Gasteiger partial charge in [0.05, 0.1) is 6.54 Å². The van der Waals surface area contributed by atoms with Gasteiger partial charge in [-0.05, 0) is 43.2 Å². The molecule has 30 heavy (non-hydrogen) atoms. The number of ether oxygens (including phenoxy) is 2. The van der Waals surface area contributed by atoms with Crippen molar-refractivity contribution in [3.63, 3.8) is 0 Å². The van der Waals surface area contributed by atoms with Crippen molar-refractivity contribution in [3.05, 3.63) is 23.9 Å². The minimum atomic E-state index is -4.39. The number of rotatable bonds is 10. The van der Waals surface area contributed by atoms with E-state index in [9.17, 15) is 13.2 Å². The number of nitrogens with zero attached hydrogens (tertiary/aromatic N) is 2. The van der Waals surface area contributed by atoms with Gasteiger partial charge in [0.1, 0.15) is 0 Å². The average molecular weight is 544 g/mol. The Labute approximate surface area is 193 Å². The van der Waals surface area contributed by atoms with Crippen molar-refractivity contribution in [3.8, 4) is 5.88 Å². The van der Waals surface area contributed by atoms with Crippen molar-refractivity contribution < 1.29 is 22.6 Å². The molecule has 0 saturated heterocycles. The highest BCUT2D eigenvalue weighted by molar-refractivity contribution is 14.0. The summed E-state index contributed by atoms with van der Waals surface area (Å²) >= 11 is 0. The molecular weight excluding hydrogens is 512 g/mol. The Balaban J connectivity index is 0.00000450. The monoisotopic (exact) mass is 544 g/mol. The van der Waals surface area contributed by atoms with Crippen LogP contribution in [0.3, 0.4) is 0 Å². The smallest absolute Gasteiger partial charge is 0.422 e. The lowest BCUT2D eigenvalue weighted by molar-refractivity contribution is -0.154. The van der Waals surface area contributed by atoms with Crippen molar-refractivity contribution in [2.24, 2.45) is 10.4 Å². The first-order valence-electron chi connectivity index (χ1n) is 10.0. The summed E-state index contributed by atoms with van der Waals surface area (Å²) < 4.78 is 46.9. The van der Waals surface area contributed by atoms with Crippen LogP contribution in [0.2, 0.25) is 0 Å². The Morgan fingerprint density at radius 3 is 2.63 bits per heavy atom. The summed E-state index contributed by atoms with van der Waals surface area (Å²) in [6.07, 6.45) is 2.86. The summed E-state index contributed by atoms with van der Waals surface area (Å²) in [6, 6.07) is 3.19. The minimum absolute atomic E-state index is 0. The Morgan fingerprint density at radius 1 is 1.27 bits per heavy atom. The first-order valence-corrected chi connectivity index (χ1v) is 10.0. The number of guanidine groups is 1. The van der Waals surface area contributed by atoms with Gasteiger partial charge in [-0.2, -0.15) is 13.2 Å². The molecule has 1 fully saturated rings. The van der Waals surface area contributed by atoms with Crippen LogP contribution < -0.4 is 15.4 Å². The number of hydrogen-bond acceptors (Lipinski definition) is 4. The lowest BCUT2D eigenvalue weighted by atomic mass is 9.83. The van der Waals surface area contributed by atoms with Gasteiger partial charge in [-0.1, -0.05) is 12.8 Å². The second-order valence-corrected chi connectivity index (χ2v) is 7.40. The molecule has 0 spiro atoms. The van der Waals surface area contributed by atoms with E-state index in [0.29, 0.717) is 19.0 Å². The molecule has 1 heterocycles. The molecule has 1 aromatic rings. The molecule has 172 valence electrons. The van der Waals surface area contributed by atoms with E-state index in [2.05, 4.69) is 20.6 Å². The second-order valence-electron chi connectivity index (χ2n) is 7.40. The van der Waals surface area contributed by atoms with Crippen LogP contribution in [-0.2, 0) is 11.3 Å². The van der Waals surface area contributed by atoms with Crippen molar-refractivity contribution in [1.29, 1.82) is 0 Å². The molecule has 0 unspecified atom stereocenters. The SMILES string of the molecule is CCNC(=NCc1ccnc(OCC(F)(F)F)c1)NCC1(CCOC)CCCC1.I. The highest BCUT2D eigenvalue weighted by Gasteiger charge is 2.33. The van der Waals surface area contributed by atoms with Gasteiger partial charge in [0.25, 0.3) is 0 Å². The molecule has 0 amide bonds. The minimum Gasteiger partial charge on any atom is -0.468 e. The first kappa shape index (κ1) is 26.7. The zero-order chi connectivity index (χ0) is 21.2. The van der Waals surface area contributed by atoms with E-state index in [-0.39, 0.29) is 35.3 Å². The van der Waals surface area contributed by atoms with Gasteiger partial charge in [0, 0.05) is 39.1 Å². The summed E-state index contributed by atoms with van der Waals surface area (Å²) in [5.41, 5.74) is 0.950. The number of nitrogens with one attached hydrogen (secondary N) is 2. The fourth-order valence-electron chi connectivity index (χ4n) is 3.53. The number of pyridine rings is 1. The van der Waals surface area contributed by atoms with Crippen LogP contribution in [0.5, 0.6) is 5.88 Å². The Bertz CT molecular complexity index is 653. The average Bonchev–Trinajstić information content (AvgIpc) is 3.16. The predicted molar refractivity (Wildman–Crippen MR) is 121 cm³/mol.